The maximum Gasteiger partial charge on any atom is 0.255 e. The first-order chi connectivity index (χ1) is 14.3. The summed E-state index contributed by atoms with van der Waals surface area (Å²) in [7, 11) is -3.64. The first-order valence-corrected chi connectivity index (χ1v) is 11.3. The molecule has 3 aromatic rings. The quantitative estimate of drug-likeness (QED) is 0.598. The fourth-order valence-corrected chi connectivity index (χ4v) is 4.13. The van der Waals surface area contributed by atoms with Gasteiger partial charge in [-0.25, -0.2) is 18.1 Å². The van der Waals surface area contributed by atoms with Crippen LogP contribution in [0, 0.1) is 19.8 Å². The van der Waals surface area contributed by atoms with E-state index in [9.17, 15) is 13.2 Å². The Bertz CT molecular complexity index is 1180. The summed E-state index contributed by atoms with van der Waals surface area (Å²) in [6.45, 7) is 4.15. The Morgan fingerprint density at radius 3 is 2.60 bits per heavy atom. The van der Waals surface area contributed by atoms with E-state index in [1.165, 1.54) is 12.1 Å². The van der Waals surface area contributed by atoms with Crippen molar-refractivity contribution in [3.63, 3.8) is 0 Å². The zero-order valence-electron chi connectivity index (χ0n) is 16.8. The molecule has 1 aliphatic rings. The summed E-state index contributed by atoms with van der Waals surface area (Å²) in [5.74, 6) is 1.25. The van der Waals surface area contributed by atoms with Crippen LogP contribution in [-0.2, 0) is 10.0 Å². The molecule has 1 saturated carbocycles. The molecular weight excluding hydrogens is 402 g/mol. The van der Waals surface area contributed by atoms with Crippen molar-refractivity contribution >= 4 is 21.6 Å². The highest BCUT2D eigenvalue weighted by atomic mass is 32.2. The second-order valence-corrected chi connectivity index (χ2v) is 9.29. The predicted molar refractivity (Wildman–Crippen MR) is 114 cm³/mol. The van der Waals surface area contributed by atoms with E-state index in [0.29, 0.717) is 24.0 Å². The fourth-order valence-electron chi connectivity index (χ4n) is 2.97. The third-order valence-electron chi connectivity index (χ3n) is 5.06. The second-order valence-electron chi connectivity index (χ2n) is 7.52. The Hall–Kier alpha value is -2.97. The first kappa shape index (κ1) is 20.3. The number of benzene rings is 2. The zero-order valence-corrected chi connectivity index (χ0v) is 17.6. The molecule has 7 nitrogen and oxygen atoms in total. The molecule has 0 radical (unpaired) electrons. The molecule has 156 valence electrons. The normalized spacial score (nSPS) is 13.9. The molecule has 1 aliphatic carbocycles. The minimum absolute atomic E-state index is 0.0790. The predicted octanol–water partition coefficient (Wildman–Crippen LogP) is 3.90. The van der Waals surface area contributed by atoms with Gasteiger partial charge in [0.25, 0.3) is 5.91 Å². The summed E-state index contributed by atoms with van der Waals surface area (Å²) in [4.78, 5) is 17.2. The molecule has 4 rings (SSSR count). The Kier molecular flexibility index (Phi) is 5.44. The molecule has 1 heterocycles. The van der Waals surface area contributed by atoms with Crippen LogP contribution in [0.4, 0.5) is 5.69 Å². The van der Waals surface area contributed by atoms with Gasteiger partial charge in [-0.05, 0) is 69.0 Å². The molecule has 0 aliphatic heterocycles. The molecule has 0 saturated heterocycles. The van der Waals surface area contributed by atoms with E-state index in [4.69, 9.17) is 4.42 Å². The van der Waals surface area contributed by atoms with E-state index in [1.807, 2.05) is 19.9 Å². The zero-order chi connectivity index (χ0) is 21.3. The van der Waals surface area contributed by atoms with Crippen LogP contribution in [0.15, 0.2) is 57.8 Å². The number of nitrogens with one attached hydrogen (secondary N) is 2. The SMILES string of the molecule is Cc1nc(-c2cccc(NC(=O)c3cccc(S(=O)(=O)NCC4CC4)c3)c2)oc1C. The van der Waals surface area contributed by atoms with Gasteiger partial charge in [0.2, 0.25) is 15.9 Å². The van der Waals surface area contributed by atoms with Crippen LogP contribution in [0.5, 0.6) is 0 Å². The number of sulfonamides is 1. The van der Waals surface area contributed by atoms with Gasteiger partial charge in [0.1, 0.15) is 5.76 Å². The van der Waals surface area contributed by atoms with Crippen LogP contribution in [-0.4, -0.2) is 25.9 Å². The molecule has 2 aromatic carbocycles. The van der Waals surface area contributed by atoms with Gasteiger partial charge >= 0.3 is 0 Å². The van der Waals surface area contributed by atoms with Gasteiger partial charge in [0.05, 0.1) is 10.6 Å². The number of aromatic nitrogens is 1. The van der Waals surface area contributed by atoms with Crippen molar-refractivity contribution in [3.8, 4) is 11.5 Å². The third kappa shape index (κ3) is 4.60. The van der Waals surface area contributed by atoms with Gasteiger partial charge in [-0.15, -0.1) is 0 Å². The Morgan fingerprint density at radius 2 is 1.90 bits per heavy atom. The van der Waals surface area contributed by atoms with Crippen LogP contribution in [0.2, 0.25) is 0 Å². The maximum atomic E-state index is 12.7. The summed E-state index contributed by atoms with van der Waals surface area (Å²) in [6, 6.07) is 13.2. The maximum absolute atomic E-state index is 12.7. The van der Waals surface area contributed by atoms with Crippen LogP contribution in [0.25, 0.3) is 11.5 Å². The monoisotopic (exact) mass is 425 g/mol. The highest BCUT2D eigenvalue weighted by Gasteiger charge is 2.24. The number of carbonyl (C=O) groups is 1. The van der Waals surface area contributed by atoms with Crippen molar-refractivity contribution < 1.29 is 17.6 Å². The topological polar surface area (TPSA) is 101 Å². The summed E-state index contributed by atoms with van der Waals surface area (Å²) in [5, 5.41) is 2.81. The number of amides is 1. The first-order valence-electron chi connectivity index (χ1n) is 9.77. The van der Waals surface area contributed by atoms with Crippen LogP contribution >= 0.6 is 0 Å². The number of oxazole rings is 1. The van der Waals surface area contributed by atoms with Crippen LogP contribution < -0.4 is 10.0 Å². The molecule has 30 heavy (non-hydrogen) atoms. The van der Waals surface area contributed by atoms with E-state index in [2.05, 4.69) is 15.0 Å². The number of hydrogen-bond donors (Lipinski definition) is 2. The van der Waals surface area contributed by atoms with Gasteiger partial charge < -0.3 is 9.73 Å². The molecule has 0 bridgehead atoms. The van der Waals surface area contributed by atoms with E-state index in [-0.39, 0.29) is 10.5 Å². The lowest BCUT2D eigenvalue weighted by Crippen LogP contribution is -2.26. The third-order valence-corrected chi connectivity index (χ3v) is 6.48. The Balaban J connectivity index is 1.51. The van der Waals surface area contributed by atoms with Crippen molar-refractivity contribution in [1.29, 1.82) is 0 Å². The average molecular weight is 426 g/mol. The van der Waals surface area contributed by atoms with E-state index in [0.717, 1.165) is 29.9 Å². The summed E-state index contributed by atoms with van der Waals surface area (Å²) in [5.41, 5.74) is 2.38. The van der Waals surface area contributed by atoms with Crippen LogP contribution in [0.1, 0.15) is 34.7 Å². The smallest absolute Gasteiger partial charge is 0.255 e. The molecule has 1 amide bonds. The molecule has 0 unspecified atom stereocenters. The summed E-state index contributed by atoms with van der Waals surface area (Å²) >= 11 is 0. The van der Waals surface area contributed by atoms with Crippen molar-refractivity contribution in [2.24, 2.45) is 5.92 Å². The molecule has 8 heteroatoms. The molecule has 1 aromatic heterocycles. The minimum atomic E-state index is -3.64. The summed E-state index contributed by atoms with van der Waals surface area (Å²) in [6.07, 6.45) is 2.10. The molecule has 0 atom stereocenters. The highest BCUT2D eigenvalue weighted by Crippen LogP contribution is 2.28. The van der Waals surface area contributed by atoms with Crippen LogP contribution in [0.3, 0.4) is 0 Å². The molecular formula is C22H23N3O4S. The van der Waals surface area contributed by atoms with Crippen molar-refractivity contribution in [2.45, 2.75) is 31.6 Å². The fraction of sp³-hybridized carbons (Fsp3) is 0.273. The number of hydrogen-bond acceptors (Lipinski definition) is 5. The largest absolute Gasteiger partial charge is 0.441 e. The summed E-state index contributed by atoms with van der Waals surface area (Å²) < 4.78 is 33.2. The van der Waals surface area contributed by atoms with Crippen molar-refractivity contribution in [1.82, 2.24) is 9.71 Å². The van der Waals surface area contributed by atoms with Crippen molar-refractivity contribution in [2.75, 3.05) is 11.9 Å². The highest BCUT2D eigenvalue weighted by molar-refractivity contribution is 7.89. The number of carbonyl (C=O) groups excluding carboxylic acids is 1. The Labute approximate surface area is 175 Å². The Morgan fingerprint density at radius 1 is 1.13 bits per heavy atom. The lowest BCUT2D eigenvalue weighted by molar-refractivity contribution is 0.102. The lowest BCUT2D eigenvalue weighted by atomic mass is 10.1. The number of anilines is 1. The molecule has 1 fully saturated rings. The van der Waals surface area contributed by atoms with Gasteiger partial charge in [-0.3, -0.25) is 4.79 Å². The van der Waals surface area contributed by atoms with Gasteiger partial charge in [0.15, 0.2) is 0 Å². The number of aryl methyl sites for hydroxylation is 2. The molecule has 2 N–H and O–H groups in total. The minimum Gasteiger partial charge on any atom is -0.441 e. The van der Waals surface area contributed by atoms with Crippen molar-refractivity contribution in [3.05, 3.63) is 65.5 Å². The number of rotatable bonds is 7. The lowest BCUT2D eigenvalue weighted by Gasteiger charge is -2.09. The standard InChI is InChI=1S/C22H23N3O4S/c1-14-15(2)29-22(24-14)18-6-3-7-19(11-18)25-21(26)17-5-4-8-20(12-17)30(27,28)23-13-16-9-10-16/h3-8,11-12,16,23H,9-10,13H2,1-2H3,(H,25,26). The van der Waals surface area contributed by atoms with Gasteiger partial charge in [-0.2, -0.15) is 0 Å². The van der Waals surface area contributed by atoms with E-state index in [1.54, 1.807) is 30.3 Å². The van der Waals surface area contributed by atoms with Gasteiger partial charge in [0, 0.05) is 23.4 Å². The van der Waals surface area contributed by atoms with E-state index >= 15 is 0 Å². The average Bonchev–Trinajstić information content (AvgIpc) is 3.51. The molecule has 0 spiro atoms. The van der Waals surface area contributed by atoms with E-state index < -0.39 is 15.9 Å². The van der Waals surface area contributed by atoms with Gasteiger partial charge in [-0.1, -0.05) is 12.1 Å². The second kappa shape index (κ2) is 8.04. The number of nitrogens with zero attached hydrogens (tertiary/aromatic N) is 1.